The Morgan fingerprint density at radius 3 is 2.59 bits per heavy atom. The van der Waals surface area contributed by atoms with Crippen molar-refractivity contribution in [3.8, 4) is 0 Å². The minimum absolute atomic E-state index is 0.199. The molecule has 1 rings (SSSR count). The van der Waals surface area contributed by atoms with Gasteiger partial charge >= 0.3 is 0 Å². The monoisotopic (exact) mass is 256 g/mol. The number of hydrogen-bond donors (Lipinski definition) is 2. The molecule has 0 saturated carbocycles. The summed E-state index contributed by atoms with van der Waals surface area (Å²) < 4.78 is 0. The fourth-order valence-electron chi connectivity index (χ4n) is 1.90. The third-order valence-corrected chi connectivity index (χ3v) is 3.13. The van der Waals surface area contributed by atoms with Crippen molar-refractivity contribution >= 4 is 23.0 Å². The van der Waals surface area contributed by atoms with Gasteiger partial charge in [0.1, 0.15) is 0 Å². The zero-order chi connectivity index (χ0) is 13.0. The van der Waals surface area contributed by atoms with E-state index in [2.05, 4.69) is 18.7 Å². The molecule has 3 N–H and O–H groups in total. The van der Waals surface area contributed by atoms with Crippen LogP contribution in [0, 0.1) is 6.92 Å². The van der Waals surface area contributed by atoms with Crippen LogP contribution in [0.15, 0.2) is 12.1 Å². The number of aliphatic hydroxyl groups excluding tert-OH is 1. The maximum absolute atomic E-state index is 8.94. The summed E-state index contributed by atoms with van der Waals surface area (Å²) in [4.78, 5) is 2.23. The van der Waals surface area contributed by atoms with Gasteiger partial charge in [0, 0.05) is 24.9 Å². The Kier molecular flexibility index (Phi) is 5.09. The first-order valence-corrected chi connectivity index (χ1v) is 6.28. The summed E-state index contributed by atoms with van der Waals surface area (Å²) in [6.07, 6.45) is 0.750. The maximum atomic E-state index is 8.94. The Labute approximate surface area is 108 Å². The third kappa shape index (κ3) is 3.51. The summed E-state index contributed by atoms with van der Waals surface area (Å²) in [5.74, 6) is 0. The zero-order valence-electron chi connectivity index (χ0n) is 10.7. The van der Waals surface area contributed by atoms with Crippen molar-refractivity contribution in [2.24, 2.45) is 0 Å². The molecule has 0 aliphatic rings. The van der Waals surface area contributed by atoms with Gasteiger partial charge in [-0.3, -0.25) is 0 Å². The lowest BCUT2D eigenvalue weighted by Crippen LogP contribution is -2.32. The fraction of sp³-hybridized carbons (Fsp3) is 0.538. The number of aryl methyl sites for hydroxylation is 1. The Bertz CT molecular complexity index is 380. The molecule has 0 aromatic heterocycles. The van der Waals surface area contributed by atoms with E-state index >= 15 is 0 Å². The highest BCUT2D eigenvalue weighted by Crippen LogP contribution is 2.30. The molecule has 96 valence electrons. The second kappa shape index (κ2) is 6.12. The molecular weight excluding hydrogens is 236 g/mol. The summed E-state index contributed by atoms with van der Waals surface area (Å²) in [7, 11) is 0. The third-order valence-electron chi connectivity index (χ3n) is 2.81. The average Bonchev–Trinajstić information content (AvgIpc) is 2.25. The number of hydrogen-bond acceptors (Lipinski definition) is 3. The van der Waals surface area contributed by atoms with Crippen LogP contribution < -0.4 is 10.6 Å². The van der Waals surface area contributed by atoms with E-state index in [1.807, 2.05) is 19.1 Å². The Morgan fingerprint density at radius 2 is 2.06 bits per heavy atom. The van der Waals surface area contributed by atoms with Crippen LogP contribution >= 0.6 is 11.6 Å². The zero-order valence-corrected chi connectivity index (χ0v) is 11.5. The van der Waals surface area contributed by atoms with Crippen molar-refractivity contribution in [3.05, 3.63) is 22.7 Å². The molecule has 0 fully saturated rings. The maximum Gasteiger partial charge on any atom is 0.0656 e. The number of aliphatic hydroxyl groups is 1. The Hall–Kier alpha value is -0.930. The molecule has 17 heavy (non-hydrogen) atoms. The highest BCUT2D eigenvalue weighted by Gasteiger charge is 2.14. The number of halogens is 1. The van der Waals surface area contributed by atoms with E-state index in [1.54, 1.807) is 0 Å². The standard InChI is InChI=1S/C13H21ClN2O/c1-9(2)16(5-4-6-17)13-8-11(14)12(15)7-10(13)3/h7-9,17H,4-6,15H2,1-3H3. The molecule has 3 nitrogen and oxygen atoms in total. The highest BCUT2D eigenvalue weighted by molar-refractivity contribution is 6.33. The minimum Gasteiger partial charge on any atom is -0.398 e. The number of nitrogen functional groups attached to an aromatic ring is 1. The van der Waals surface area contributed by atoms with Crippen LogP contribution in [0.1, 0.15) is 25.8 Å². The first kappa shape index (κ1) is 14.1. The Balaban J connectivity index is 3.05. The van der Waals surface area contributed by atoms with Crippen molar-refractivity contribution in [2.75, 3.05) is 23.8 Å². The van der Waals surface area contributed by atoms with Crippen LogP contribution in [0.4, 0.5) is 11.4 Å². The van der Waals surface area contributed by atoms with Crippen LogP contribution in [0.25, 0.3) is 0 Å². The van der Waals surface area contributed by atoms with E-state index in [0.29, 0.717) is 16.8 Å². The van der Waals surface area contributed by atoms with E-state index in [9.17, 15) is 0 Å². The number of anilines is 2. The molecule has 0 radical (unpaired) electrons. The molecule has 0 unspecified atom stereocenters. The summed E-state index contributed by atoms with van der Waals surface area (Å²) in [6, 6.07) is 4.16. The molecule has 0 heterocycles. The summed E-state index contributed by atoms with van der Waals surface area (Å²) in [5, 5.41) is 9.52. The Morgan fingerprint density at radius 1 is 1.41 bits per heavy atom. The molecule has 0 spiro atoms. The molecule has 0 atom stereocenters. The molecular formula is C13H21ClN2O. The molecule has 0 aliphatic heterocycles. The molecule has 0 bridgehead atoms. The smallest absolute Gasteiger partial charge is 0.0656 e. The van der Waals surface area contributed by atoms with Crippen molar-refractivity contribution < 1.29 is 5.11 Å². The molecule has 1 aromatic rings. The van der Waals surface area contributed by atoms with Gasteiger partial charge in [0.2, 0.25) is 0 Å². The lowest BCUT2D eigenvalue weighted by molar-refractivity contribution is 0.288. The van der Waals surface area contributed by atoms with Crippen LogP contribution in [0.5, 0.6) is 0 Å². The SMILES string of the molecule is Cc1cc(N)c(Cl)cc1N(CCCO)C(C)C. The van der Waals surface area contributed by atoms with Crippen LogP contribution in [0.2, 0.25) is 5.02 Å². The predicted octanol–water partition coefficient (Wildman–Crippen LogP) is 2.83. The fourth-order valence-corrected chi connectivity index (χ4v) is 2.06. The van der Waals surface area contributed by atoms with Gasteiger partial charge in [0.05, 0.1) is 10.7 Å². The second-order valence-corrected chi connectivity index (χ2v) is 4.93. The second-order valence-electron chi connectivity index (χ2n) is 4.52. The number of benzene rings is 1. The van der Waals surface area contributed by atoms with Crippen molar-refractivity contribution in [1.82, 2.24) is 0 Å². The van der Waals surface area contributed by atoms with Gasteiger partial charge in [-0.15, -0.1) is 0 Å². The van der Waals surface area contributed by atoms with Gasteiger partial charge in [-0.05, 0) is 44.9 Å². The number of nitrogens with zero attached hydrogens (tertiary/aromatic N) is 1. The van der Waals surface area contributed by atoms with Crippen LogP contribution in [0.3, 0.4) is 0 Å². The van der Waals surface area contributed by atoms with Crippen molar-refractivity contribution in [1.29, 1.82) is 0 Å². The quantitative estimate of drug-likeness (QED) is 0.797. The summed E-state index contributed by atoms with van der Waals surface area (Å²) in [6.45, 7) is 7.29. The normalized spacial score (nSPS) is 10.9. The first-order chi connectivity index (χ1) is 7.97. The number of nitrogens with two attached hydrogens (primary N) is 1. The van der Waals surface area contributed by atoms with E-state index in [4.69, 9.17) is 22.4 Å². The van der Waals surface area contributed by atoms with Gasteiger partial charge in [-0.25, -0.2) is 0 Å². The molecule has 0 aliphatic carbocycles. The lowest BCUT2D eigenvalue weighted by Gasteiger charge is -2.30. The van der Waals surface area contributed by atoms with E-state index in [-0.39, 0.29) is 6.61 Å². The van der Waals surface area contributed by atoms with Gasteiger partial charge in [0.25, 0.3) is 0 Å². The van der Waals surface area contributed by atoms with Crippen molar-refractivity contribution in [2.45, 2.75) is 33.2 Å². The molecule has 0 amide bonds. The first-order valence-electron chi connectivity index (χ1n) is 5.90. The van der Waals surface area contributed by atoms with E-state index < -0.39 is 0 Å². The van der Waals surface area contributed by atoms with Gasteiger partial charge in [0.15, 0.2) is 0 Å². The van der Waals surface area contributed by atoms with Gasteiger partial charge in [-0.2, -0.15) is 0 Å². The topological polar surface area (TPSA) is 49.5 Å². The van der Waals surface area contributed by atoms with Gasteiger partial charge in [-0.1, -0.05) is 11.6 Å². The minimum atomic E-state index is 0.199. The van der Waals surface area contributed by atoms with Crippen LogP contribution in [-0.2, 0) is 0 Å². The summed E-state index contributed by atoms with van der Waals surface area (Å²) >= 11 is 6.07. The highest BCUT2D eigenvalue weighted by atomic mass is 35.5. The van der Waals surface area contributed by atoms with Crippen molar-refractivity contribution in [3.63, 3.8) is 0 Å². The summed E-state index contributed by atoms with van der Waals surface area (Å²) in [5.41, 5.74) is 8.59. The van der Waals surface area contributed by atoms with Gasteiger partial charge < -0.3 is 15.7 Å². The molecule has 1 aromatic carbocycles. The van der Waals surface area contributed by atoms with E-state index in [1.165, 1.54) is 0 Å². The number of rotatable bonds is 5. The average molecular weight is 257 g/mol. The van der Waals surface area contributed by atoms with Crippen LogP contribution in [-0.4, -0.2) is 24.3 Å². The predicted molar refractivity (Wildman–Crippen MR) is 74.8 cm³/mol. The lowest BCUT2D eigenvalue weighted by atomic mass is 10.1. The molecule has 0 saturated heterocycles. The van der Waals surface area contributed by atoms with E-state index in [0.717, 1.165) is 24.2 Å². The largest absolute Gasteiger partial charge is 0.398 e. The molecule has 4 heteroatoms.